The van der Waals surface area contributed by atoms with E-state index >= 15 is 0 Å². The Kier molecular flexibility index (Phi) is 7.66. The monoisotopic (exact) mass is 546 g/mol. The van der Waals surface area contributed by atoms with Crippen molar-refractivity contribution in [3.63, 3.8) is 0 Å². The van der Waals surface area contributed by atoms with Crippen molar-refractivity contribution in [2.45, 2.75) is 63.6 Å². The molecule has 1 aliphatic rings. The molecule has 1 atom stereocenters. The van der Waals surface area contributed by atoms with Gasteiger partial charge in [0.15, 0.2) is 0 Å². The number of pyridine rings is 1. The molecule has 0 spiro atoms. The Labute approximate surface area is 221 Å². The zero-order valence-corrected chi connectivity index (χ0v) is 21.2. The number of ether oxygens (including phenoxy) is 1. The molecule has 0 aromatic carbocycles. The van der Waals surface area contributed by atoms with E-state index in [9.17, 15) is 18.3 Å². The van der Waals surface area contributed by atoms with E-state index in [1.54, 1.807) is 23.3 Å². The first-order valence-electron chi connectivity index (χ1n) is 12.8. The second-order valence-corrected chi connectivity index (χ2v) is 9.46. The zero-order chi connectivity index (χ0) is 27.6. The molecule has 39 heavy (non-hydrogen) atoms. The molecule has 4 aromatic rings. The summed E-state index contributed by atoms with van der Waals surface area (Å²) < 4.78 is 48.2. The van der Waals surface area contributed by atoms with Crippen LogP contribution in [0.1, 0.15) is 44.5 Å². The van der Waals surface area contributed by atoms with Gasteiger partial charge in [-0.25, -0.2) is 9.97 Å². The maximum absolute atomic E-state index is 13.0. The summed E-state index contributed by atoms with van der Waals surface area (Å²) in [5.74, 6) is -0.582. The number of hydrogen-bond donors (Lipinski definition) is 3. The molecule has 4 aromatic heterocycles. The van der Waals surface area contributed by atoms with Crippen molar-refractivity contribution in [1.82, 2.24) is 34.5 Å². The molecule has 3 N–H and O–H groups in total. The molecule has 1 saturated carbocycles. The second-order valence-electron chi connectivity index (χ2n) is 9.46. The zero-order valence-electron chi connectivity index (χ0n) is 21.2. The van der Waals surface area contributed by atoms with Crippen LogP contribution >= 0.6 is 0 Å². The highest BCUT2D eigenvalue weighted by atomic mass is 19.4. The Morgan fingerprint density at radius 1 is 1.18 bits per heavy atom. The molecule has 0 saturated heterocycles. The van der Waals surface area contributed by atoms with Gasteiger partial charge in [0.2, 0.25) is 11.7 Å². The first kappa shape index (κ1) is 26.8. The number of nitrogens with zero attached hydrogens (tertiary/aromatic N) is 7. The minimum absolute atomic E-state index is 0.0420. The minimum Gasteiger partial charge on any atom is -0.474 e. The molecule has 1 fully saturated rings. The molecular weight excluding hydrogens is 517 g/mol. The Bertz CT molecular complexity index is 1420. The molecule has 4 heterocycles. The lowest BCUT2D eigenvalue weighted by Gasteiger charge is -2.29. The van der Waals surface area contributed by atoms with Crippen LogP contribution in [0, 0.1) is 0 Å². The van der Waals surface area contributed by atoms with Crippen molar-refractivity contribution in [2.24, 2.45) is 0 Å². The average molecular weight is 547 g/mol. The Morgan fingerprint density at radius 2 is 1.97 bits per heavy atom. The van der Waals surface area contributed by atoms with Gasteiger partial charge in [-0.2, -0.15) is 28.4 Å². The number of rotatable bonds is 9. The maximum Gasteiger partial charge on any atom is 0.451 e. The summed E-state index contributed by atoms with van der Waals surface area (Å²) in [6, 6.07) is 3.33. The smallest absolute Gasteiger partial charge is 0.451 e. The molecule has 0 aliphatic heterocycles. The molecule has 5 rings (SSSR count). The van der Waals surface area contributed by atoms with Crippen molar-refractivity contribution < 1.29 is 28.1 Å². The van der Waals surface area contributed by atoms with Crippen LogP contribution in [0.3, 0.4) is 0 Å². The Hall–Kier alpha value is -3.78. The molecule has 14 heteroatoms. The van der Waals surface area contributed by atoms with Crippen LogP contribution in [0.5, 0.6) is 5.88 Å². The van der Waals surface area contributed by atoms with Gasteiger partial charge in [0.1, 0.15) is 17.6 Å². The molecule has 1 aliphatic carbocycles. The highest BCUT2D eigenvalue weighted by Crippen LogP contribution is 2.36. The largest absolute Gasteiger partial charge is 0.474 e. The maximum atomic E-state index is 13.0. The summed E-state index contributed by atoms with van der Waals surface area (Å²) in [7, 11) is 0. The third-order valence-electron chi connectivity index (χ3n) is 6.63. The molecule has 0 bridgehead atoms. The highest BCUT2D eigenvalue weighted by molar-refractivity contribution is 5.93. The van der Waals surface area contributed by atoms with Crippen LogP contribution in [0.4, 0.5) is 19.0 Å². The predicted molar refractivity (Wildman–Crippen MR) is 135 cm³/mol. The number of alkyl halides is 3. The fourth-order valence-corrected chi connectivity index (χ4v) is 4.78. The first-order chi connectivity index (χ1) is 18.7. The van der Waals surface area contributed by atoms with Crippen LogP contribution < -0.4 is 10.1 Å². The number of halogens is 3. The summed E-state index contributed by atoms with van der Waals surface area (Å²) in [6.45, 7) is 2.48. The summed E-state index contributed by atoms with van der Waals surface area (Å²) in [6.07, 6.45) is 3.09. The lowest BCUT2D eigenvalue weighted by atomic mass is 9.93. The Balaban J connectivity index is 1.37. The summed E-state index contributed by atoms with van der Waals surface area (Å²) in [5.41, 5.74) is 2.35. The van der Waals surface area contributed by atoms with Crippen LogP contribution in [0.2, 0.25) is 0 Å². The molecule has 0 radical (unpaired) electrons. The van der Waals surface area contributed by atoms with Crippen molar-refractivity contribution in [3.8, 4) is 17.1 Å². The van der Waals surface area contributed by atoms with Crippen molar-refractivity contribution >= 4 is 16.7 Å². The topological polar surface area (TPSA) is 136 Å². The molecule has 0 amide bonds. The van der Waals surface area contributed by atoms with Gasteiger partial charge >= 0.3 is 6.18 Å². The van der Waals surface area contributed by atoms with Gasteiger partial charge < -0.3 is 20.3 Å². The van der Waals surface area contributed by atoms with E-state index in [1.807, 2.05) is 17.7 Å². The van der Waals surface area contributed by atoms with Gasteiger partial charge in [0, 0.05) is 48.2 Å². The van der Waals surface area contributed by atoms with E-state index in [1.165, 1.54) is 6.07 Å². The second kappa shape index (κ2) is 11.1. The summed E-state index contributed by atoms with van der Waals surface area (Å²) >= 11 is 0. The average Bonchev–Trinajstić information content (AvgIpc) is 3.53. The predicted octanol–water partition coefficient (Wildman–Crippen LogP) is 3.45. The van der Waals surface area contributed by atoms with E-state index in [4.69, 9.17) is 14.9 Å². The Morgan fingerprint density at radius 3 is 2.69 bits per heavy atom. The summed E-state index contributed by atoms with van der Waals surface area (Å²) in [4.78, 5) is 11.3. The number of anilines is 1. The number of aliphatic hydroxyl groups excluding tert-OH is 2. The van der Waals surface area contributed by atoms with E-state index in [2.05, 4.69) is 25.4 Å². The quantitative estimate of drug-likeness (QED) is 0.288. The number of fused-ring (bicyclic) bond motifs is 1. The minimum atomic E-state index is -4.63. The lowest BCUT2D eigenvalue weighted by Crippen LogP contribution is -2.27. The van der Waals surface area contributed by atoms with Gasteiger partial charge in [-0.3, -0.25) is 9.36 Å². The standard InChI is InChI=1S/C25H29F3N8O3/c1-2-29-21-9-20-19(11-31-21)23(15-10-32-35(12-15)13-17(38)14-37)34-36(20)16-3-5-18(6-4-16)39-22-7-8-30-24(33-22)25(26,27)28/h7-12,16-18,37-38H,2-6,13-14H2,1H3,(H,29,31)/t16?,17-,18?/m1/s1. The van der Waals surface area contributed by atoms with Gasteiger partial charge in [0.05, 0.1) is 37.0 Å². The van der Waals surface area contributed by atoms with Crippen molar-refractivity contribution in [1.29, 1.82) is 0 Å². The molecular formula is C25H29F3N8O3. The lowest BCUT2D eigenvalue weighted by molar-refractivity contribution is -0.145. The van der Waals surface area contributed by atoms with Crippen LogP contribution in [0.25, 0.3) is 22.2 Å². The van der Waals surface area contributed by atoms with Gasteiger partial charge in [-0.1, -0.05) is 0 Å². The number of aliphatic hydroxyl groups is 2. The van der Waals surface area contributed by atoms with Crippen LogP contribution in [-0.4, -0.2) is 70.1 Å². The van der Waals surface area contributed by atoms with E-state index in [0.29, 0.717) is 37.9 Å². The number of nitrogens with one attached hydrogen (secondary N) is 1. The summed E-state index contributed by atoms with van der Waals surface area (Å²) in [5, 5.41) is 32.2. The third kappa shape index (κ3) is 5.96. The fraction of sp³-hybridized carbons (Fsp3) is 0.480. The number of hydrogen-bond acceptors (Lipinski definition) is 9. The van der Waals surface area contributed by atoms with E-state index < -0.39 is 18.1 Å². The van der Waals surface area contributed by atoms with Crippen molar-refractivity contribution in [2.75, 3.05) is 18.5 Å². The van der Waals surface area contributed by atoms with Gasteiger partial charge in [0.25, 0.3) is 0 Å². The fourth-order valence-electron chi connectivity index (χ4n) is 4.78. The van der Waals surface area contributed by atoms with E-state index in [-0.39, 0.29) is 31.2 Å². The first-order valence-corrected chi connectivity index (χ1v) is 12.8. The normalized spacial score (nSPS) is 18.8. The van der Waals surface area contributed by atoms with Crippen molar-refractivity contribution in [3.05, 3.63) is 42.7 Å². The molecule has 0 unspecified atom stereocenters. The van der Waals surface area contributed by atoms with Gasteiger partial charge in [-0.05, 0) is 32.6 Å². The highest BCUT2D eigenvalue weighted by Gasteiger charge is 2.35. The third-order valence-corrected chi connectivity index (χ3v) is 6.63. The van der Waals surface area contributed by atoms with E-state index in [0.717, 1.165) is 28.5 Å². The number of aromatic nitrogens is 7. The van der Waals surface area contributed by atoms with Gasteiger partial charge in [-0.15, -0.1) is 0 Å². The molecule has 208 valence electrons. The van der Waals surface area contributed by atoms with Crippen LogP contribution in [0.15, 0.2) is 36.9 Å². The SMILES string of the molecule is CCNc1cc2c(cn1)c(-c1cnn(C[C@@H](O)CO)c1)nn2C1CCC(Oc2ccnc(C(F)(F)F)n2)CC1. The molecule has 11 nitrogen and oxygen atoms in total. The van der Waals surface area contributed by atoms with Crippen LogP contribution in [-0.2, 0) is 12.7 Å².